The molecule has 2 atom stereocenters. The minimum absolute atomic E-state index is 0.0350. The van der Waals surface area contributed by atoms with Crippen LogP contribution in [0.2, 0.25) is 0 Å². The average molecular weight is 424 g/mol. The number of hydrogen-bond acceptors (Lipinski definition) is 5. The van der Waals surface area contributed by atoms with Crippen molar-refractivity contribution in [2.75, 3.05) is 0 Å². The monoisotopic (exact) mass is 423 g/mol. The average Bonchev–Trinajstić information content (AvgIpc) is 2.73. The summed E-state index contributed by atoms with van der Waals surface area (Å²) in [6.45, 7) is 7.01. The van der Waals surface area contributed by atoms with E-state index in [0.717, 1.165) is 24.0 Å². The number of pyridine rings is 1. The minimum Gasteiger partial charge on any atom is -0.453 e. The van der Waals surface area contributed by atoms with Gasteiger partial charge in [0.15, 0.2) is 6.10 Å². The number of rotatable bonds is 9. The van der Waals surface area contributed by atoms with Crippen LogP contribution in [0.5, 0.6) is 0 Å². The number of aromatic nitrogens is 1. The molecule has 0 aliphatic rings. The van der Waals surface area contributed by atoms with E-state index in [2.05, 4.69) is 10.3 Å². The number of benzene rings is 1. The molecule has 31 heavy (non-hydrogen) atoms. The number of H-pyrrole nitrogens is 1. The van der Waals surface area contributed by atoms with Crippen molar-refractivity contribution in [1.29, 1.82) is 5.26 Å². The van der Waals surface area contributed by atoms with Gasteiger partial charge in [-0.1, -0.05) is 43.7 Å². The van der Waals surface area contributed by atoms with E-state index in [4.69, 9.17) is 10.00 Å². The van der Waals surface area contributed by atoms with E-state index in [0.29, 0.717) is 17.7 Å². The molecule has 0 fully saturated rings. The molecule has 1 aromatic carbocycles. The molecule has 0 spiro atoms. The van der Waals surface area contributed by atoms with E-state index in [1.54, 1.807) is 20.8 Å². The second-order valence-electron chi connectivity index (χ2n) is 7.56. The van der Waals surface area contributed by atoms with Gasteiger partial charge in [-0.05, 0) is 50.3 Å². The molecule has 0 radical (unpaired) electrons. The van der Waals surface area contributed by atoms with Gasteiger partial charge in [-0.15, -0.1) is 0 Å². The summed E-state index contributed by atoms with van der Waals surface area (Å²) in [5.74, 6) is -0.864. The summed E-state index contributed by atoms with van der Waals surface area (Å²) >= 11 is 0. The van der Waals surface area contributed by atoms with Crippen molar-refractivity contribution in [2.24, 2.45) is 0 Å². The quantitative estimate of drug-likeness (QED) is 0.601. The van der Waals surface area contributed by atoms with Crippen molar-refractivity contribution >= 4 is 11.9 Å². The molecular formula is C24H29N3O4. The van der Waals surface area contributed by atoms with Gasteiger partial charge in [0.2, 0.25) is 0 Å². The fourth-order valence-corrected chi connectivity index (χ4v) is 3.54. The van der Waals surface area contributed by atoms with Crippen molar-refractivity contribution in [1.82, 2.24) is 10.3 Å². The number of aromatic amines is 1. The molecule has 2 aromatic rings. The standard InChI is InChI=1S/C24H29N3O4/c1-5-9-21(18-10-7-6-8-11-18)27-23(29)17(4)31-22(28)13-12-19-15(2)20(14-25)24(30)26-16(19)3/h6-8,10-11,17,21H,5,9,12-13H2,1-4H3,(H,26,30)(H,27,29)/t17-,21+/m0/s1. The zero-order chi connectivity index (χ0) is 23.0. The Bertz CT molecular complexity index is 1020. The smallest absolute Gasteiger partial charge is 0.306 e. The van der Waals surface area contributed by atoms with Crippen LogP contribution in [0.4, 0.5) is 0 Å². The Morgan fingerprint density at radius 1 is 1.23 bits per heavy atom. The van der Waals surface area contributed by atoms with Crippen molar-refractivity contribution in [3.8, 4) is 6.07 Å². The summed E-state index contributed by atoms with van der Waals surface area (Å²) in [6, 6.07) is 11.4. The zero-order valence-corrected chi connectivity index (χ0v) is 18.5. The van der Waals surface area contributed by atoms with E-state index in [1.807, 2.05) is 43.3 Å². The molecule has 1 heterocycles. The molecule has 1 amide bonds. The van der Waals surface area contributed by atoms with Crippen LogP contribution in [-0.4, -0.2) is 23.0 Å². The highest BCUT2D eigenvalue weighted by Crippen LogP contribution is 2.19. The van der Waals surface area contributed by atoms with Crippen molar-refractivity contribution in [2.45, 2.75) is 65.5 Å². The number of amides is 1. The van der Waals surface area contributed by atoms with Crippen LogP contribution in [-0.2, 0) is 20.7 Å². The maximum atomic E-state index is 12.6. The lowest BCUT2D eigenvalue weighted by molar-refractivity contribution is -0.155. The normalized spacial score (nSPS) is 12.5. The van der Waals surface area contributed by atoms with Gasteiger partial charge in [-0.25, -0.2) is 0 Å². The first-order chi connectivity index (χ1) is 14.8. The summed E-state index contributed by atoms with van der Waals surface area (Å²) in [7, 11) is 0. The van der Waals surface area contributed by atoms with E-state index in [9.17, 15) is 14.4 Å². The zero-order valence-electron chi connectivity index (χ0n) is 18.5. The summed E-state index contributed by atoms with van der Waals surface area (Å²) in [5.41, 5.74) is 2.53. The third-order valence-electron chi connectivity index (χ3n) is 5.27. The first kappa shape index (κ1) is 23.9. The number of ether oxygens (including phenoxy) is 1. The molecule has 2 rings (SSSR count). The predicted molar refractivity (Wildman–Crippen MR) is 117 cm³/mol. The molecule has 2 N–H and O–H groups in total. The third kappa shape index (κ3) is 6.29. The molecule has 164 valence electrons. The topological polar surface area (TPSA) is 112 Å². The number of aryl methyl sites for hydroxylation is 1. The van der Waals surface area contributed by atoms with Crippen LogP contribution in [0.3, 0.4) is 0 Å². The number of nitrogens with one attached hydrogen (secondary N) is 2. The van der Waals surface area contributed by atoms with Gasteiger partial charge < -0.3 is 15.0 Å². The van der Waals surface area contributed by atoms with Gasteiger partial charge in [0.05, 0.1) is 6.04 Å². The second kappa shape index (κ2) is 11.1. The molecule has 0 bridgehead atoms. The molecule has 7 nitrogen and oxygen atoms in total. The Hall–Kier alpha value is -3.40. The van der Waals surface area contributed by atoms with E-state index < -0.39 is 17.6 Å². The molecule has 1 aromatic heterocycles. The van der Waals surface area contributed by atoms with E-state index in [-0.39, 0.29) is 23.9 Å². The lowest BCUT2D eigenvalue weighted by atomic mass is 9.99. The van der Waals surface area contributed by atoms with E-state index in [1.165, 1.54) is 0 Å². The first-order valence-corrected chi connectivity index (χ1v) is 10.5. The van der Waals surface area contributed by atoms with Crippen molar-refractivity contribution < 1.29 is 14.3 Å². The molecular weight excluding hydrogens is 394 g/mol. The Morgan fingerprint density at radius 3 is 2.52 bits per heavy atom. The lowest BCUT2D eigenvalue weighted by Crippen LogP contribution is -2.38. The van der Waals surface area contributed by atoms with E-state index >= 15 is 0 Å². The third-order valence-corrected chi connectivity index (χ3v) is 5.27. The highest BCUT2D eigenvalue weighted by molar-refractivity contribution is 5.83. The number of hydrogen-bond donors (Lipinski definition) is 2. The Balaban J connectivity index is 1.97. The summed E-state index contributed by atoms with van der Waals surface area (Å²) in [4.78, 5) is 39.4. The molecule has 0 unspecified atom stereocenters. The highest BCUT2D eigenvalue weighted by Gasteiger charge is 2.22. The number of carbonyl (C=O) groups is 2. The maximum Gasteiger partial charge on any atom is 0.306 e. The summed E-state index contributed by atoms with van der Waals surface area (Å²) < 4.78 is 5.32. The van der Waals surface area contributed by atoms with Crippen LogP contribution >= 0.6 is 0 Å². The number of nitriles is 1. The fourth-order valence-electron chi connectivity index (χ4n) is 3.54. The number of carbonyl (C=O) groups excluding carboxylic acids is 2. The SMILES string of the molecule is CCC[C@@H](NC(=O)[C@H](C)OC(=O)CCc1c(C)[nH]c(=O)c(C#N)c1C)c1ccccc1. The van der Waals surface area contributed by atoms with Gasteiger partial charge in [-0.3, -0.25) is 14.4 Å². The molecule has 7 heteroatoms. The minimum atomic E-state index is -0.928. The molecule has 0 saturated carbocycles. The largest absolute Gasteiger partial charge is 0.453 e. The van der Waals surface area contributed by atoms with Crippen LogP contribution < -0.4 is 10.9 Å². The van der Waals surface area contributed by atoms with Gasteiger partial charge in [0.25, 0.3) is 11.5 Å². The van der Waals surface area contributed by atoms with Gasteiger partial charge >= 0.3 is 5.97 Å². The van der Waals surface area contributed by atoms with Crippen molar-refractivity contribution in [3.63, 3.8) is 0 Å². The Labute approximate surface area is 182 Å². The predicted octanol–water partition coefficient (Wildman–Crippen LogP) is 3.39. The number of nitrogens with zero attached hydrogens (tertiary/aromatic N) is 1. The lowest BCUT2D eigenvalue weighted by Gasteiger charge is -2.21. The van der Waals surface area contributed by atoms with Crippen LogP contribution in [0, 0.1) is 25.2 Å². The van der Waals surface area contributed by atoms with Crippen LogP contribution in [0.25, 0.3) is 0 Å². The Kier molecular flexibility index (Phi) is 8.56. The molecule has 0 aliphatic heterocycles. The maximum absolute atomic E-state index is 12.6. The Morgan fingerprint density at radius 2 is 1.90 bits per heavy atom. The van der Waals surface area contributed by atoms with Gasteiger partial charge in [-0.2, -0.15) is 5.26 Å². The summed E-state index contributed by atoms with van der Waals surface area (Å²) in [5, 5.41) is 12.1. The van der Waals surface area contributed by atoms with Crippen LogP contribution in [0.1, 0.15) is 67.1 Å². The van der Waals surface area contributed by atoms with Crippen molar-refractivity contribution in [3.05, 3.63) is 68.6 Å². The molecule has 0 aliphatic carbocycles. The van der Waals surface area contributed by atoms with Gasteiger partial charge in [0.1, 0.15) is 11.6 Å². The fraction of sp³-hybridized carbons (Fsp3) is 0.417. The van der Waals surface area contributed by atoms with Crippen LogP contribution in [0.15, 0.2) is 35.1 Å². The molecule has 0 saturated heterocycles. The highest BCUT2D eigenvalue weighted by atomic mass is 16.5. The first-order valence-electron chi connectivity index (χ1n) is 10.5. The summed E-state index contributed by atoms with van der Waals surface area (Å²) in [6.07, 6.45) is 1.09. The second-order valence-corrected chi connectivity index (χ2v) is 7.56. The van der Waals surface area contributed by atoms with Gasteiger partial charge in [0, 0.05) is 12.1 Å². The number of esters is 1.